The third kappa shape index (κ3) is 8.53. The summed E-state index contributed by atoms with van der Waals surface area (Å²) >= 11 is 0. The van der Waals surface area contributed by atoms with Gasteiger partial charge in [-0.2, -0.15) is 28.1 Å². The number of piperazine rings is 1. The van der Waals surface area contributed by atoms with Crippen molar-refractivity contribution < 1.29 is 32.3 Å². The lowest BCUT2D eigenvalue weighted by Gasteiger charge is -2.36. The van der Waals surface area contributed by atoms with Crippen molar-refractivity contribution in [2.75, 3.05) is 81.1 Å². The molecule has 3 saturated heterocycles. The quantitative estimate of drug-likeness (QED) is 0.396. The first-order valence-electron chi connectivity index (χ1n) is 15.8. The van der Waals surface area contributed by atoms with E-state index >= 15 is 0 Å². The average molecular weight is 660 g/mol. The summed E-state index contributed by atoms with van der Waals surface area (Å²) in [5, 5.41) is 0. The van der Waals surface area contributed by atoms with E-state index in [1.54, 1.807) is 15.9 Å². The number of aromatic nitrogens is 4. The Hall–Kier alpha value is -4.34. The van der Waals surface area contributed by atoms with Crippen molar-refractivity contribution in [3.05, 3.63) is 29.5 Å². The molecule has 0 unspecified atom stereocenters. The lowest BCUT2D eigenvalue weighted by molar-refractivity contribution is -0.137. The number of carbonyl (C=O) groups excluding carboxylic acids is 3. The van der Waals surface area contributed by atoms with E-state index in [4.69, 9.17) is 10.5 Å². The van der Waals surface area contributed by atoms with Crippen LogP contribution in [0.4, 0.5) is 30.9 Å². The molecule has 16 heteroatoms. The number of nitrogens with zero attached hydrogens (tertiary/aromatic N) is 8. The maximum atomic E-state index is 14.0. The van der Waals surface area contributed by atoms with Crippen LogP contribution in [0.3, 0.4) is 0 Å². The molecule has 1 atom stereocenters. The molecule has 13 nitrogen and oxygen atoms in total. The first-order chi connectivity index (χ1) is 22.4. The van der Waals surface area contributed by atoms with Gasteiger partial charge in [0.2, 0.25) is 23.7 Å². The van der Waals surface area contributed by atoms with E-state index in [1.807, 2.05) is 23.6 Å². The molecule has 5 heterocycles. The molecule has 2 amide bonds. The van der Waals surface area contributed by atoms with Crippen LogP contribution in [0.2, 0.25) is 0 Å². The van der Waals surface area contributed by atoms with E-state index in [1.165, 1.54) is 0 Å². The first-order valence-corrected chi connectivity index (χ1v) is 15.8. The number of ketones is 1. The Kier molecular flexibility index (Phi) is 10.6. The Morgan fingerprint density at radius 2 is 1.60 bits per heavy atom. The van der Waals surface area contributed by atoms with E-state index in [0.29, 0.717) is 84.8 Å². The number of amides is 2. The van der Waals surface area contributed by atoms with Gasteiger partial charge in [0.15, 0.2) is 11.6 Å². The van der Waals surface area contributed by atoms with Gasteiger partial charge in [0.05, 0.1) is 30.3 Å². The smallest absolute Gasteiger partial charge is 0.384 e. The van der Waals surface area contributed by atoms with E-state index in [-0.39, 0.29) is 59.0 Å². The third-order valence-corrected chi connectivity index (χ3v) is 8.41. The molecule has 3 aliphatic rings. The van der Waals surface area contributed by atoms with Crippen molar-refractivity contribution >= 4 is 35.3 Å². The van der Waals surface area contributed by atoms with Crippen LogP contribution < -0.4 is 15.5 Å². The van der Waals surface area contributed by atoms with E-state index in [9.17, 15) is 27.6 Å². The second-order valence-electron chi connectivity index (χ2n) is 12.2. The molecule has 0 radical (unpaired) electrons. The second-order valence-corrected chi connectivity index (χ2v) is 12.2. The van der Waals surface area contributed by atoms with Crippen LogP contribution in [-0.4, -0.2) is 113 Å². The third-order valence-electron chi connectivity index (χ3n) is 8.41. The van der Waals surface area contributed by atoms with Gasteiger partial charge in [-0.05, 0) is 38.8 Å². The number of alkyl halides is 3. The fourth-order valence-corrected chi connectivity index (χ4v) is 5.94. The minimum atomic E-state index is -4.71. The number of ether oxygens (including phenoxy) is 1. The molecule has 0 saturated carbocycles. The van der Waals surface area contributed by atoms with Gasteiger partial charge in [-0.3, -0.25) is 14.4 Å². The van der Waals surface area contributed by atoms with Crippen molar-refractivity contribution in [2.45, 2.75) is 45.7 Å². The molecule has 2 aromatic rings. The summed E-state index contributed by atoms with van der Waals surface area (Å²) in [6.07, 6.45) is -0.493. The molecular weight excluding hydrogens is 619 g/mol. The maximum Gasteiger partial charge on any atom is 0.417 e. The Labute approximate surface area is 271 Å². The summed E-state index contributed by atoms with van der Waals surface area (Å²) in [5.74, 6) is -0.409. The van der Waals surface area contributed by atoms with Crippen molar-refractivity contribution in [1.29, 1.82) is 0 Å². The zero-order valence-corrected chi connectivity index (χ0v) is 26.6. The number of hydrogen-bond donors (Lipinski definition) is 1. The molecule has 3 fully saturated rings. The van der Waals surface area contributed by atoms with Gasteiger partial charge in [-0.1, -0.05) is 5.57 Å². The summed E-state index contributed by atoms with van der Waals surface area (Å²) in [6.45, 7) is 7.77. The van der Waals surface area contributed by atoms with Crippen molar-refractivity contribution in [1.82, 2.24) is 29.7 Å². The highest BCUT2D eigenvalue weighted by Crippen LogP contribution is 2.37. The Morgan fingerprint density at radius 3 is 2.23 bits per heavy atom. The number of pyridine rings is 1. The van der Waals surface area contributed by atoms with Crippen LogP contribution in [-0.2, 0) is 25.3 Å². The predicted molar refractivity (Wildman–Crippen MR) is 167 cm³/mol. The molecule has 254 valence electrons. The van der Waals surface area contributed by atoms with Gasteiger partial charge in [-0.15, -0.1) is 0 Å². The largest absolute Gasteiger partial charge is 0.417 e. The van der Waals surface area contributed by atoms with Crippen molar-refractivity contribution in [3.63, 3.8) is 0 Å². The monoisotopic (exact) mass is 659 g/mol. The van der Waals surface area contributed by atoms with Crippen LogP contribution >= 0.6 is 0 Å². The van der Waals surface area contributed by atoms with Crippen LogP contribution in [0.5, 0.6) is 0 Å². The predicted octanol–water partition coefficient (Wildman–Crippen LogP) is 2.57. The number of carbonyl (C=O) groups is 3. The Balaban J connectivity index is 1.24. The zero-order chi connectivity index (χ0) is 33.7. The second kappa shape index (κ2) is 14.6. The molecule has 2 N–H and O–H groups in total. The molecular formula is C31H40F3N9O4. The summed E-state index contributed by atoms with van der Waals surface area (Å²) < 4.78 is 47.4. The average Bonchev–Trinajstić information content (AvgIpc) is 3.55. The molecule has 0 aliphatic carbocycles. The van der Waals surface area contributed by atoms with Crippen LogP contribution in [0, 0.1) is 5.92 Å². The van der Waals surface area contributed by atoms with Crippen molar-refractivity contribution in [3.8, 4) is 11.4 Å². The number of morpholine rings is 1. The van der Waals surface area contributed by atoms with Gasteiger partial charge in [0.1, 0.15) is 5.82 Å². The lowest BCUT2D eigenvalue weighted by atomic mass is 10.1. The normalized spacial score (nSPS) is 18.8. The standard InChI is InChI=1S/C31H40F3N9O4/c1-20(2)16-22(44)4-3-5-26(45)43-7-6-21(19-43)28(46)40-8-10-41(11-9-40)29-37-27(38-30(39-29)42-12-14-47-15-13-42)23-18-36-25(35)17-24(23)31(32,33)34/h16-18,21H,3-15,19H2,1-2H3,(H2,35,36)/t21-/m1/s1. The lowest BCUT2D eigenvalue weighted by Crippen LogP contribution is -2.51. The number of halogens is 3. The van der Waals surface area contributed by atoms with Gasteiger partial charge in [0.25, 0.3) is 0 Å². The summed E-state index contributed by atoms with van der Waals surface area (Å²) in [4.78, 5) is 62.5. The summed E-state index contributed by atoms with van der Waals surface area (Å²) in [6, 6.07) is 0.766. The van der Waals surface area contributed by atoms with Crippen LogP contribution in [0.1, 0.15) is 45.1 Å². The molecule has 5 rings (SSSR count). The fourth-order valence-electron chi connectivity index (χ4n) is 5.94. The van der Waals surface area contributed by atoms with Gasteiger partial charge >= 0.3 is 6.18 Å². The van der Waals surface area contributed by atoms with Crippen LogP contribution in [0.25, 0.3) is 11.4 Å². The number of anilines is 3. The Morgan fingerprint density at radius 1 is 0.936 bits per heavy atom. The summed E-state index contributed by atoms with van der Waals surface area (Å²) in [5.41, 5.74) is 5.21. The fraction of sp³-hybridized carbons (Fsp3) is 0.581. The highest BCUT2D eigenvalue weighted by molar-refractivity contribution is 5.90. The maximum absolute atomic E-state index is 14.0. The number of rotatable bonds is 9. The van der Waals surface area contributed by atoms with E-state index in [2.05, 4.69) is 19.9 Å². The SMILES string of the molecule is CC(C)=CC(=O)CCCC(=O)N1CC[C@@H](C(=O)N2CCN(c3nc(-c4cnc(N)cc4C(F)(F)F)nc(N4CCOCC4)n3)CC2)C1. The van der Waals surface area contributed by atoms with Crippen LogP contribution in [0.15, 0.2) is 23.9 Å². The topological polar surface area (TPSA) is 151 Å². The van der Waals surface area contributed by atoms with Gasteiger partial charge < -0.3 is 30.1 Å². The highest BCUT2D eigenvalue weighted by Gasteiger charge is 2.37. The number of likely N-dealkylation sites (tertiary alicyclic amines) is 1. The van der Waals surface area contributed by atoms with E-state index < -0.39 is 11.7 Å². The van der Waals surface area contributed by atoms with Crippen molar-refractivity contribution in [2.24, 2.45) is 5.92 Å². The molecule has 47 heavy (non-hydrogen) atoms. The molecule has 3 aliphatic heterocycles. The highest BCUT2D eigenvalue weighted by atomic mass is 19.4. The number of nitrogens with two attached hydrogens (primary N) is 1. The molecule has 0 aromatic carbocycles. The molecule has 0 bridgehead atoms. The minimum absolute atomic E-state index is 0.00504. The minimum Gasteiger partial charge on any atom is -0.384 e. The molecule has 0 spiro atoms. The first kappa shape index (κ1) is 34.0. The number of hydrogen-bond acceptors (Lipinski definition) is 11. The van der Waals surface area contributed by atoms with Gasteiger partial charge in [0, 0.05) is 71.4 Å². The Bertz CT molecular complexity index is 1500. The number of nitrogen functional groups attached to an aromatic ring is 1. The van der Waals surface area contributed by atoms with E-state index in [0.717, 1.165) is 17.8 Å². The molecule has 2 aromatic heterocycles. The summed E-state index contributed by atoms with van der Waals surface area (Å²) in [7, 11) is 0. The zero-order valence-electron chi connectivity index (χ0n) is 26.6. The van der Waals surface area contributed by atoms with Gasteiger partial charge in [-0.25, -0.2) is 4.98 Å². The number of allylic oxidation sites excluding steroid dienone is 2.